The van der Waals surface area contributed by atoms with Gasteiger partial charge in [0.1, 0.15) is 5.75 Å². The highest BCUT2D eigenvalue weighted by atomic mass is 79.9. The first-order valence-corrected chi connectivity index (χ1v) is 8.68. The summed E-state index contributed by atoms with van der Waals surface area (Å²) in [4.78, 5) is 26.5. The quantitative estimate of drug-likeness (QED) is 0.870. The van der Waals surface area contributed by atoms with Gasteiger partial charge in [-0.2, -0.15) is 0 Å². The van der Waals surface area contributed by atoms with Crippen LogP contribution in [0.25, 0.3) is 0 Å². The van der Waals surface area contributed by atoms with Gasteiger partial charge in [0.2, 0.25) is 5.91 Å². The summed E-state index contributed by atoms with van der Waals surface area (Å²) >= 11 is 3.41. The summed E-state index contributed by atoms with van der Waals surface area (Å²) in [5.74, 6) is 0.350. The van der Waals surface area contributed by atoms with Crippen molar-refractivity contribution in [3.8, 4) is 5.75 Å². The van der Waals surface area contributed by atoms with E-state index in [-0.39, 0.29) is 23.8 Å². The topological polar surface area (TPSA) is 58.6 Å². The molecule has 1 atom stereocenters. The van der Waals surface area contributed by atoms with Crippen molar-refractivity contribution in [1.29, 1.82) is 0 Å². The summed E-state index contributed by atoms with van der Waals surface area (Å²) in [5, 5.41) is 2.67. The Balaban J connectivity index is 2.21. The van der Waals surface area contributed by atoms with Crippen molar-refractivity contribution >= 4 is 27.7 Å². The van der Waals surface area contributed by atoms with E-state index >= 15 is 0 Å². The van der Waals surface area contributed by atoms with Crippen LogP contribution in [0, 0.1) is 5.92 Å². The van der Waals surface area contributed by atoms with E-state index in [1.165, 1.54) is 0 Å². The molecule has 0 aromatic heterocycles. The highest BCUT2D eigenvalue weighted by molar-refractivity contribution is 9.10. The van der Waals surface area contributed by atoms with Gasteiger partial charge in [-0.25, -0.2) is 0 Å². The lowest BCUT2D eigenvalue weighted by Crippen LogP contribution is -2.44. The number of benzene rings is 1. The molecule has 1 aromatic carbocycles. The van der Waals surface area contributed by atoms with E-state index in [9.17, 15) is 9.59 Å². The maximum absolute atomic E-state index is 12.9. The van der Waals surface area contributed by atoms with Crippen LogP contribution in [0.1, 0.15) is 37.0 Å². The predicted molar refractivity (Wildman–Crippen MR) is 92.6 cm³/mol. The van der Waals surface area contributed by atoms with Gasteiger partial charge in [-0.3, -0.25) is 9.59 Å². The molecule has 1 aliphatic heterocycles. The molecule has 2 amide bonds. The molecule has 23 heavy (non-hydrogen) atoms. The third-order valence-corrected chi connectivity index (χ3v) is 4.36. The fraction of sp³-hybridized carbons (Fsp3) is 0.529. The molecule has 0 saturated carbocycles. The van der Waals surface area contributed by atoms with Crippen molar-refractivity contribution in [2.45, 2.75) is 32.8 Å². The average molecular weight is 383 g/mol. The van der Waals surface area contributed by atoms with Crippen LogP contribution in [-0.4, -0.2) is 43.0 Å². The molecule has 0 radical (unpaired) electrons. The van der Waals surface area contributed by atoms with E-state index in [4.69, 9.17) is 4.74 Å². The van der Waals surface area contributed by atoms with Gasteiger partial charge < -0.3 is 15.0 Å². The lowest BCUT2D eigenvalue weighted by atomic mass is 9.96. The highest BCUT2D eigenvalue weighted by Crippen LogP contribution is 2.28. The third kappa shape index (κ3) is 4.47. The maximum Gasteiger partial charge on any atom is 0.257 e. The summed E-state index contributed by atoms with van der Waals surface area (Å²) in [6, 6.07) is 5.42. The summed E-state index contributed by atoms with van der Waals surface area (Å²) < 4.78 is 6.64. The van der Waals surface area contributed by atoms with Crippen molar-refractivity contribution in [2.24, 2.45) is 5.92 Å². The number of halogens is 1. The van der Waals surface area contributed by atoms with Crippen LogP contribution in [0.3, 0.4) is 0 Å². The second kappa shape index (κ2) is 7.81. The Bertz CT molecular complexity index is 589. The number of carbonyl (C=O) groups is 2. The maximum atomic E-state index is 12.9. The molecule has 0 aliphatic carbocycles. The van der Waals surface area contributed by atoms with Crippen LogP contribution in [0.2, 0.25) is 0 Å². The van der Waals surface area contributed by atoms with Crippen molar-refractivity contribution in [3.63, 3.8) is 0 Å². The van der Waals surface area contributed by atoms with Gasteiger partial charge in [-0.05, 0) is 44.9 Å². The van der Waals surface area contributed by atoms with E-state index in [1.807, 2.05) is 26.0 Å². The van der Waals surface area contributed by atoms with Crippen molar-refractivity contribution in [1.82, 2.24) is 10.2 Å². The van der Waals surface area contributed by atoms with Crippen molar-refractivity contribution in [3.05, 3.63) is 28.2 Å². The Morgan fingerprint density at radius 2 is 2.13 bits per heavy atom. The number of amides is 2. The SMILES string of the molecule is CNC(=O)C1CCCN(C(=O)c2ccc(Br)cc2OC(C)C)C1. The summed E-state index contributed by atoms with van der Waals surface area (Å²) in [7, 11) is 1.63. The minimum absolute atomic E-state index is 0.00281. The lowest BCUT2D eigenvalue weighted by molar-refractivity contribution is -0.125. The van der Waals surface area contributed by atoms with E-state index in [0.717, 1.165) is 17.3 Å². The molecule has 2 rings (SSSR count). The number of hydrogen-bond acceptors (Lipinski definition) is 3. The first-order valence-electron chi connectivity index (χ1n) is 7.89. The molecule has 5 nitrogen and oxygen atoms in total. The van der Waals surface area contributed by atoms with Gasteiger partial charge in [-0.15, -0.1) is 0 Å². The molecule has 6 heteroatoms. The first kappa shape index (κ1) is 17.8. The predicted octanol–water partition coefficient (Wildman–Crippen LogP) is 2.83. The molecule has 0 spiro atoms. The molecule has 126 valence electrons. The number of piperidine rings is 1. The standard InChI is InChI=1S/C17H23BrN2O3/c1-11(2)23-15-9-13(18)6-7-14(15)17(22)20-8-4-5-12(10-20)16(21)19-3/h6-7,9,11-12H,4-5,8,10H2,1-3H3,(H,19,21). The molecule has 1 heterocycles. The fourth-order valence-corrected chi connectivity index (χ4v) is 3.11. The molecule has 1 N–H and O–H groups in total. The largest absolute Gasteiger partial charge is 0.490 e. The second-order valence-electron chi connectivity index (χ2n) is 6.01. The summed E-state index contributed by atoms with van der Waals surface area (Å²) in [5.41, 5.74) is 0.541. The second-order valence-corrected chi connectivity index (χ2v) is 6.93. The van der Waals surface area contributed by atoms with Crippen molar-refractivity contribution in [2.75, 3.05) is 20.1 Å². The van der Waals surface area contributed by atoms with Crippen molar-refractivity contribution < 1.29 is 14.3 Å². The van der Waals surface area contributed by atoms with Gasteiger partial charge in [0, 0.05) is 24.6 Å². The number of nitrogens with one attached hydrogen (secondary N) is 1. The molecule has 1 aliphatic rings. The van der Waals surface area contributed by atoms with Crippen LogP contribution in [0.5, 0.6) is 5.75 Å². The van der Waals surface area contributed by atoms with E-state index in [0.29, 0.717) is 24.4 Å². The van der Waals surface area contributed by atoms with Gasteiger partial charge >= 0.3 is 0 Å². The Labute approximate surface area is 145 Å². The molecular weight excluding hydrogens is 360 g/mol. The van der Waals surface area contributed by atoms with Gasteiger partial charge in [-0.1, -0.05) is 15.9 Å². The van der Waals surface area contributed by atoms with E-state index < -0.39 is 0 Å². The number of hydrogen-bond donors (Lipinski definition) is 1. The number of carbonyl (C=O) groups excluding carboxylic acids is 2. The minimum Gasteiger partial charge on any atom is -0.490 e. The molecule has 1 aromatic rings. The number of nitrogens with zero attached hydrogens (tertiary/aromatic N) is 1. The van der Waals surface area contributed by atoms with E-state index in [1.54, 1.807) is 18.0 Å². The third-order valence-electron chi connectivity index (χ3n) is 3.86. The van der Waals surface area contributed by atoms with Crippen LogP contribution < -0.4 is 10.1 Å². The van der Waals surface area contributed by atoms with Gasteiger partial charge in [0.15, 0.2) is 0 Å². The zero-order valence-corrected chi connectivity index (χ0v) is 15.4. The average Bonchev–Trinajstić information content (AvgIpc) is 2.53. The van der Waals surface area contributed by atoms with Gasteiger partial charge in [0.25, 0.3) is 5.91 Å². The minimum atomic E-state index is -0.136. The number of ether oxygens (including phenoxy) is 1. The summed E-state index contributed by atoms with van der Waals surface area (Å²) in [6.07, 6.45) is 1.63. The molecule has 0 bridgehead atoms. The van der Waals surface area contributed by atoms with Crippen LogP contribution >= 0.6 is 15.9 Å². The Hall–Kier alpha value is -1.56. The van der Waals surface area contributed by atoms with Crippen LogP contribution in [0.4, 0.5) is 0 Å². The number of likely N-dealkylation sites (tertiary alicyclic amines) is 1. The molecular formula is C17H23BrN2O3. The summed E-state index contributed by atoms with van der Waals surface area (Å²) in [6.45, 7) is 4.98. The van der Waals surface area contributed by atoms with Crippen LogP contribution in [-0.2, 0) is 4.79 Å². The molecule has 1 saturated heterocycles. The monoisotopic (exact) mass is 382 g/mol. The Kier molecular flexibility index (Phi) is 6.04. The molecule has 1 unspecified atom stereocenters. The van der Waals surface area contributed by atoms with E-state index in [2.05, 4.69) is 21.2 Å². The zero-order chi connectivity index (χ0) is 17.0. The first-order chi connectivity index (χ1) is 10.9. The van der Waals surface area contributed by atoms with Crippen LogP contribution in [0.15, 0.2) is 22.7 Å². The Morgan fingerprint density at radius 3 is 2.78 bits per heavy atom. The fourth-order valence-electron chi connectivity index (χ4n) is 2.77. The number of rotatable bonds is 4. The Morgan fingerprint density at radius 1 is 1.39 bits per heavy atom. The lowest BCUT2D eigenvalue weighted by Gasteiger charge is -2.32. The molecule has 1 fully saturated rings. The zero-order valence-electron chi connectivity index (χ0n) is 13.8. The normalized spacial score (nSPS) is 18.0. The highest BCUT2D eigenvalue weighted by Gasteiger charge is 2.29. The van der Waals surface area contributed by atoms with Gasteiger partial charge in [0.05, 0.1) is 17.6 Å². The smallest absolute Gasteiger partial charge is 0.257 e.